The van der Waals surface area contributed by atoms with E-state index in [0.29, 0.717) is 32.7 Å². The van der Waals surface area contributed by atoms with Gasteiger partial charge in [0.05, 0.1) is 25.8 Å². The van der Waals surface area contributed by atoms with Crippen molar-refractivity contribution in [2.75, 3.05) is 39.9 Å². The number of amides is 1. The average molecular weight is 473 g/mol. The molecule has 0 unspecified atom stereocenters. The van der Waals surface area contributed by atoms with Crippen molar-refractivity contribution < 1.29 is 19.4 Å². The van der Waals surface area contributed by atoms with E-state index >= 15 is 0 Å². The number of carbonyl (C=O) groups excluding carboxylic acids is 1. The zero-order valence-electron chi connectivity index (χ0n) is 19.7. The first kappa shape index (κ1) is 25.3. The fourth-order valence-corrected chi connectivity index (χ4v) is 5.20. The van der Waals surface area contributed by atoms with Gasteiger partial charge in [-0.3, -0.25) is 9.69 Å². The van der Waals surface area contributed by atoms with Crippen molar-refractivity contribution in [3.63, 3.8) is 0 Å². The number of carbonyl (C=O) groups is 1. The van der Waals surface area contributed by atoms with E-state index in [-0.39, 0.29) is 11.9 Å². The molecule has 33 heavy (non-hydrogen) atoms. The molecule has 180 valence electrons. The molecule has 0 radical (unpaired) electrons. The van der Waals surface area contributed by atoms with Gasteiger partial charge in [0.15, 0.2) is 0 Å². The molecule has 0 fully saturated rings. The highest BCUT2D eigenvalue weighted by Gasteiger charge is 2.33. The Balaban J connectivity index is 1.70. The predicted octanol–water partition coefficient (Wildman–Crippen LogP) is 4.30. The number of fused-ring (bicyclic) bond motifs is 1. The first-order chi connectivity index (χ1) is 16.0. The van der Waals surface area contributed by atoms with Crippen LogP contribution in [0.2, 0.25) is 0 Å². The lowest BCUT2D eigenvalue weighted by atomic mass is 10.0. The maximum Gasteiger partial charge on any atom is 0.237 e. The van der Waals surface area contributed by atoms with Crippen LogP contribution < -0.4 is 9.47 Å². The molecule has 1 aromatic carbocycles. The molecule has 0 saturated heterocycles. The maximum atomic E-state index is 13.4. The van der Waals surface area contributed by atoms with Crippen LogP contribution in [0.5, 0.6) is 11.5 Å². The lowest BCUT2D eigenvalue weighted by Crippen LogP contribution is -2.47. The van der Waals surface area contributed by atoms with E-state index in [1.807, 2.05) is 35.2 Å². The van der Waals surface area contributed by atoms with Gasteiger partial charge in [-0.2, -0.15) is 0 Å². The van der Waals surface area contributed by atoms with Gasteiger partial charge in [-0.25, -0.2) is 0 Å². The number of aliphatic hydroxyl groups is 1. The van der Waals surface area contributed by atoms with Gasteiger partial charge in [-0.15, -0.1) is 17.9 Å². The largest absolute Gasteiger partial charge is 0.497 e. The first-order valence-corrected chi connectivity index (χ1v) is 12.6. The SMILES string of the molecule is C=CCC[C@@H](O)CN(CCC)CC(=O)N1CCc2sccc2[C@H]1COc1cccc(OC)c1. The van der Waals surface area contributed by atoms with E-state index in [1.165, 1.54) is 10.4 Å². The van der Waals surface area contributed by atoms with Crippen LogP contribution in [0.4, 0.5) is 0 Å². The Kier molecular flexibility index (Phi) is 9.78. The lowest BCUT2D eigenvalue weighted by molar-refractivity contribution is -0.136. The molecule has 1 aliphatic heterocycles. The summed E-state index contributed by atoms with van der Waals surface area (Å²) in [5.41, 5.74) is 1.18. The summed E-state index contributed by atoms with van der Waals surface area (Å²) in [6.07, 6.45) is 4.59. The summed E-state index contributed by atoms with van der Waals surface area (Å²) in [4.78, 5) is 18.8. The summed E-state index contributed by atoms with van der Waals surface area (Å²) >= 11 is 1.74. The fraction of sp³-hybridized carbons (Fsp3) is 0.500. The Morgan fingerprint density at radius 3 is 2.97 bits per heavy atom. The highest BCUT2D eigenvalue weighted by Crippen LogP contribution is 2.34. The second-order valence-corrected chi connectivity index (χ2v) is 9.40. The summed E-state index contributed by atoms with van der Waals surface area (Å²) in [6.45, 7) is 8.46. The Morgan fingerprint density at radius 1 is 1.39 bits per heavy atom. The predicted molar refractivity (Wildman–Crippen MR) is 133 cm³/mol. The highest BCUT2D eigenvalue weighted by atomic mass is 32.1. The minimum Gasteiger partial charge on any atom is -0.497 e. The standard InChI is InChI=1S/C26H36N2O4S/c1-4-6-8-20(29)17-27(13-5-2)18-26(30)28-14-11-25-23(12-15-33-25)24(28)19-32-22-10-7-9-21(16-22)31-3/h4,7,9-10,12,15-16,20,24,29H,1,5-6,8,11,13-14,17-19H2,2-3H3/t20-,24-/m1/s1. The van der Waals surface area contributed by atoms with Crippen LogP contribution in [-0.2, 0) is 11.2 Å². The summed E-state index contributed by atoms with van der Waals surface area (Å²) in [6, 6.07) is 9.52. The van der Waals surface area contributed by atoms with Crippen LogP contribution >= 0.6 is 11.3 Å². The Hall–Kier alpha value is -2.35. The molecule has 1 N–H and O–H groups in total. The summed E-state index contributed by atoms with van der Waals surface area (Å²) in [5.74, 6) is 1.54. The number of rotatable bonds is 13. The molecule has 7 heteroatoms. The fourth-order valence-electron chi connectivity index (χ4n) is 4.27. The third-order valence-electron chi connectivity index (χ3n) is 5.94. The molecular weight excluding hydrogens is 436 g/mol. The number of hydrogen-bond donors (Lipinski definition) is 1. The van der Waals surface area contributed by atoms with E-state index < -0.39 is 6.10 Å². The summed E-state index contributed by atoms with van der Waals surface area (Å²) in [5, 5.41) is 12.5. The number of methoxy groups -OCH3 is 1. The van der Waals surface area contributed by atoms with Crippen LogP contribution in [-0.4, -0.2) is 66.8 Å². The third-order valence-corrected chi connectivity index (χ3v) is 6.93. The molecule has 2 aromatic rings. The van der Waals surface area contributed by atoms with Gasteiger partial charge in [0, 0.05) is 24.0 Å². The molecular formula is C26H36N2O4S. The van der Waals surface area contributed by atoms with E-state index in [1.54, 1.807) is 18.4 Å². The van der Waals surface area contributed by atoms with Crippen molar-refractivity contribution in [2.24, 2.45) is 0 Å². The summed E-state index contributed by atoms with van der Waals surface area (Å²) in [7, 11) is 1.63. The molecule has 0 saturated carbocycles. The van der Waals surface area contributed by atoms with Crippen LogP contribution in [0, 0.1) is 0 Å². The normalized spacial score (nSPS) is 16.4. The number of benzene rings is 1. The van der Waals surface area contributed by atoms with Crippen molar-refractivity contribution >= 4 is 17.2 Å². The van der Waals surface area contributed by atoms with Gasteiger partial charge in [-0.1, -0.05) is 19.1 Å². The van der Waals surface area contributed by atoms with Crippen molar-refractivity contribution in [1.82, 2.24) is 9.80 Å². The Labute approximate surface area is 201 Å². The molecule has 0 bridgehead atoms. The van der Waals surface area contributed by atoms with Crippen LogP contribution in [0.1, 0.15) is 42.7 Å². The van der Waals surface area contributed by atoms with Gasteiger partial charge in [0.2, 0.25) is 5.91 Å². The molecule has 2 heterocycles. The molecule has 3 rings (SSSR count). The van der Waals surface area contributed by atoms with E-state index in [2.05, 4.69) is 29.8 Å². The zero-order chi connectivity index (χ0) is 23.6. The van der Waals surface area contributed by atoms with E-state index in [4.69, 9.17) is 9.47 Å². The molecule has 0 aliphatic carbocycles. The Morgan fingerprint density at radius 2 is 2.21 bits per heavy atom. The van der Waals surface area contributed by atoms with Crippen LogP contribution in [0.15, 0.2) is 48.4 Å². The third kappa shape index (κ3) is 7.06. The quantitative estimate of drug-likeness (QED) is 0.441. The molecule has 1 aromatic heterocycles. The van der Waals surface area contributed by atoms with Crippen LogP contribution in [0.25, 0.3) is 0 Å². The van der Waals surface area contributed by atoms with Gasteiger partial charge >= 0.3 is 0 Å². The number of aliphatic hydroxyl groups excluding tert-OH is 1. The van der Waals surface area contributed by atoms with Gasteiger partial charge in [0.1, 0.15) is 18.1 Å². The average Bonchev–Trinajstić information content (AvgIpc) is 3.30. The minimum atomic E-state index is -0.459. The van der Waals surface area contributed by atoms with Crippen molar-refractivity contribution in [2.45, 2.75) is 44.8 Å². The highest BCUT2D eigenvalue weighted by molar-refractivity contribution is 7.10. The topological polar surface area (TPSA) is 62.2 Å². The van der Waals surface area contributed by atoms with Crippen molar-refractivity contribution in [3.05, 3.63) is 58.8 Å². The van der Waals surface area contributed by atoms with Gasteiger partial charge in [0.25, 0.3) is 0 Å². The lowest BCUT2D eigenvalue weighted by Gasteiger charge is -2.37. The monoisotopic (exact) mass is 472 g/mol. The second kappa shape index (κ2) is 12.8. The number of ether oxygens (including phenoxy) is 2. The molecule has 0 spiro atoms. The first-order valence-electron chi connectivity index (χ1n) is 11.7. The maximum absolute atomic E-state index is 13.4. The second-order valence-electron chi connectivity index (χ2n) is 8.40. The molecule has 2 atom stereocenters. The number of thiophene rings is 1. The molecule has 1 amide bonds. The van der Waals surface area contributed by atoms with E-state index in [0.717, 1.165) is 37.3 Å². The Bertz CT molecular complexity index is 900. The smallest absolute Gasteiger partial charge is 0.237 e. The van der Waals surface area contributed by atoms with Crippen LogP contribution in [0.3, 0.4) is 0 Å². The molecule has 1 aliphatic rings. The van der Waals surface area contributed by atoms with E-state index in [9.17, 15) is 9.90 Å². The zero-order valence-corrected chi connectivity index (χ0v) is 20.6. The van der Waals surface area contributed by atoms with Gasteiger partial charge < -0.3 is 19.5 Å². The van der Waals surface area contributed by atoms with Crippen molar-refractivity contribution in [3.8, 4) is 11.5 Å². The van der Waals surface area contributed by atoms with Crippen molar-refractivity contribution in [1.29, 1.82) is 0 Å². The summed E-state index contributed by atoms with van der Waals surface area (Å²) < 4.78 is 11.4. The molecule has 6 nitrogen and oxygen atoms in total. The minimum absolute atomic E-state index is 0.0791. The number of hydrogen-bond acceptors (Lipinski definition) is 6. The number of allylic oxidation sites excluding steroid dienone is 1. The number of nitrogens with zero attached hydrogens (tertiary/aromatic N) is 2. The van der Waals surface area contributed by atoms with Gasteiger partial charge in [-0.05, 0) is 61.4 Å².